The summed E-state index contributed by atoms with van der Waals surface area (Å²) in [5.41, 5.74) is 5.62. The topological polar surface area (TPSA) is 51.9 Å². The van der Waals surface area contributed by atoms with Crippen LogP contribution in [0.5, 0.6) is 0 Å². The van der Waals surface area contributed by atoms with Crippen LogP contribution in [0.25, 0.3) is 11.0 Å². The van der Waals surface area contributed by atoms with E-state index in [1.807, 2.05) is 6.07 Å². The van der Waals surface area contributed by atoms with Gasteiger partial charge in [0.1, 0.15) is 0 Å². The molecule has 2 aromatic rings. The minimum Gasteiger partial charge on any atom is -0.357 e. The van der Waals surface area contributed by atoms with E-state index >= 15 is 0 Å². The highest BCUT2D eigenvalue weighted by atomic mass is 16.1. The van der Waals surface area contributed by atoms with Crippen LogP contribution in [0.3, 0.4) is 0 Å². The molecule has 3 unspecified atom stereocenters. The van der Waals surface area contributed by atoms with Crippen LogP contribution in [0.4, 0.5) is 0 Å². The van der Waals surface area contributed by atoms with Gasteiger partial charge in [-0.05, 0) is 35.3 Å². The molecule has 4 heterocycles. The first-order chi connectivity index (χ1) is 10.4. The fourth-order valence-electron chi connectivity index (χ4n) is 5.73. The highest BCUT2D eigenvalue weighted by Gasteiger charge is 2.65. The molecule has 0 radical (unpaired) electrons. The molecule has 2 fully saturated rings. The van der Waals surface area contributed by atoms with Gasteiger partial charge in [-0.2, -0.15) is 0 Å². The number of pyridine rings is 1. The molecule has 2 aromatic heterocycles. The van der Waals surface area contributed by atoms with Crippen molar-refractivity contribution >= 4 is 11.0 Å². The molecular weight excluding hydrogens is 274 g/mol. The lowest BCUT2D eigenvalue weighted by molar-refractivity contribution is 0.169. The van der Waals surface area contributed by atoms with Gasteiger partial charge in [-0.3, -0.25) is 9.69 Å². The van der Waals surface area contributed by atoms with Crippen LogP contribution in [0.15, 0.2) is 16.9 Å². The first-order valence-electron chi connectivity index (χ1n) is 8.39. The van der Waals surface area contributed by atoms with Gasteiger partial charge in [-0.25, -0.2) is 0 Å². The molecule has 4 nitrogen and oxygen atoms in total. The zero-order valence-electron chi connectivity index (χ0n) is 13.5. The third-order valence-electron chi connectivity index (χ3n) is 7.13. The highest BCUT2D eigenvalue weighted by molar-refractivity contribution is 5.81. The number of piperidine rings is 1. The van der Waals surface area contributed by atoms with Gasteiger partial charge in [-0.15, -0.1) is 0 Å². The van der Waals surface area contributed by atoms with Gasteiger partial charge < -0.3 is 9.97 Å². The van der Waals surface area contributed by atoms with E-state index in [4.69, 9.17) is 0 Å². The van der Waals surface area contributed by atoms with Crippen molar-refractivity contribution in [2.24, 2.45) is 10.8 Å². The number of aromatic amines is 2. The molecule has 2 bridgehead atoms. The Morgan fingerprint density at radius 1 is 1.23 bits per heavy atom. The largest absolute Gasteiger partial charge is 0.357 e. The van der Waals surface area contributed by atoms with Crippen LogP contribution in [-0.2, 0) is 6.42 Å². The SMILES string of the molecule is CC12CC3c4[nH]c5ccc(=O)[nH]c5c4CCN(C1)C3C2(C)C. The van der Waals surface area contributed by atoms with Crippen molar-refractivity contribution in [2.45, 2.75) is 45.6 Å². The Balaban J connectivity index is 1.76. The highest BCUT2D eigenvalue weighted by Crippen LogP contribution is 2.65. The van der Waals surface area contributed by atoms with E-state index in [1.54, 1.807) is 6.07 Å². The van der Waals surface area contributed by atoms with Crippen LogP contribution >= 0.6 is 0 Å². The molecule has 1 aliphatic carbocycles. The fourth-order valence-corrected chi connectivity index (χ4v) is 5.73. The Kier molecular flexibility index (Phi) is 2.16. The van der Waals surface area contributed by atoms with Gasteiger partial charge in [0.2, 0.25) is 5.56 Å². The monoisotopic (exact) mass is 297 g/mol. The zero-order chi connectivity index (χ0) is 15.3. The lowest BCUT2D eigenvalue weighted by Gasteiger charge is -2.33. The number of rotatable bonds is 0. The van der Waals surface area contributed by atoms with Gasteiger partial charge in [0.15, 0.2) is 0 Å². The van der Waals surface area contributed by atoms with Gasteiger partial charge in [0, 0.05) is 36.8 Å². The third kappa shape index (κ3) is 1.31. The molecule has 3 aliphatic rings. The maximum Gasteiger partial charge on any atom is 0.248 e. The second kappa shape index (κ2) is 3.67. The zero-order valence-corrected chi connectivity index (χ0v) is 13.5. The van der Waals surface area contributed by atoms with E-state index in [9.17, 15) is 4.79 Å². The molecule has 0 spiro atoms. The average molecular weight is 297 g/mol. The number of aromatic nitrogens is 2. The van der Waals surface area contributed by atoms with Gasteiger partial charge in [0.25, 0.3) is 0 Å². The molecule has 1 saturated carbocycles. The molecule has 0 amide bonds. The van der Waals surface area contributed by atoms with Crippen molar-refractivity contribution in [3.63, 3.8) is 0 Å². The molecule has 5 rings (SSSR count). The summed E-state index contributed by atoms with van der Waals surface area (Å²) in [5, 5.41) is 0. The van der Waals surface area contributed by atoms with Crippen molar-refractivity contribution in [1.82, 2.24) is 14.9 Å². The van der Waals surface area contributed by atoms with Gasteiger partial charge >= 0.3 is 0 Å². The molecule has 116 valence electrons. The predicted octanol–water partition coefficient (Wildman–Crippen LogP) is 2.62. The number of nitrogens with one attached hydrogen (secondary N) is 2. The summed E-state index contributed by atoms with van der Waals surface area (Å²) in [6.07, 6.45) is 2.29. The van der Waals surface area contributed by atoms with E-state index in [0.717, 1.165) is 24.0 Å². The normalized spacial score (nSPS) is 35.8. The number of fused-ring (bicyclic) bond motifs is 5. The van der Waals surface area contributed by atoms with E-state index in [2.05, 4.69) is 35.6 Å². The molecule has 22 heavy (non-hydrogen) atoms. The quantitative estimate of drug-likeness (QED) is 0.785. The summed E-state index contributed by atoms with van der Waals surface area (Å²) in [5.74, 6) is 0.571. The van der Waals surface area contributed by atoms with Crippen LogP contribution < -0.4 is 5.56 Å². The van der Waals surface area contributed by atoms with Crippen LogP contribution in [-0.4, -0.2) is 34.0 Å². The van der Waals surface area contributed by atoms with Crippen molar-refractivity contribution in [2.75, 3.05) is 13.1 Å². The second-order valence-electron chi connectivity index (χ2n) is 8.39. The van der Waals surface area contributed by atoms with Crippen molar-refractivity contribution in [1.29, 1.82) is 0 Å². The van der Waals surface area contributed by atoms with Gasteiger partial charge in [0.05, 0.1) is 11.0 Å². The fraction of sp³-hybridized carbons (Fsp3) is 0.611. The van der Waals surface area contributed by atoms with E-state index in [-0.39, 0.29) is 5.56 Å². The summed E-state index contributed by atoms with van der Waals surface area (Å²) >= 11 is 0. The van der Waals surface area contributed by atoms with Gasteiger partial charge in [-0.1, -0.05) is 20.8 Å². The predicted molar refractivity (Wildman–Crippen MR) is 87.2 cm³/mol. The lowest BCUT2D eigenvalue weighted by Crippen LogP contribution is -2.39. The van der Waals surface area contributed by atoms with Crippen molar-refractivity contribution in [3.05, 3.63) is 33.7 Å². The number of hydrogen-bond donors (Lipinski definition) is 2. The minimum absolute atomic E-state index is 0.00147. The molecule has 2 N–H and O–H groups in total. The summed E-state index contributed by atoms with van der Waals surface area (Å²) in [7, 11) is 0. The minimum atomic E-state index is -0.00147. The number of H-pyrrole nitrogens is 2. The average Bonchev–Trinajstić information content (AvgIpc) is 2.93. The van der Waals surface area contributed by atoms with E-state index in [1.165, 1.54) is 24.2 Å². The molecule has 0 aromatic carbocycles. The Hall–Kier alpha value is -1.55. The maximum atomic E-state index is 11.7. The molecule has 2 aliphatic heterocycles. The van der Waals surface area contributed by atoms with Crippen LogP contribution in [0, 0.1) is 10.8 Å². The van der Waals surface area contributed by atoms with Crippen LogP contribution in [0.1, 0.15) is 44.4 Å². The summed E-state index contributed by atoms with van der Waals surface area (Å²) in [6, 6.07) is 4.18. The first kappa shape index (κ1) is 12.9. The van der Waals surface area contributed by atoms with Crippen molar-refractivity contribution < 1.29 is 0 Å². The summed E-state index contributed by atoms with van der Waals surface area (Å²) < 4.78 is 0. The Labute approximate surface area is 129 Å². The molecule has 4 heteroatoms. The van der Waals surface area contributed by atoms with E-state index in [0.29, 0.717) is 22.8 Å². The summed E-state index contributed by atoms with van der Waals surface area (Å²) in [4.78, 5) is 21.1. The maximum absolute atomic E-state index is 11.7. The van der Waals surface area contributed by atoms with E-state index < -0.39 is 0 Å². The summed E-state index contributed by atoms with van der Waals surface area (Å²) in [6.45, 7) is 9.70. The smallest absolute Gasteiger partial charge is 0.248 e. The number of hydrogen-bond acceptors (Lipinski definition) is 2. The molecular formula is C18H23N3O. The molecule has 1 saturated heterocycles. The third-order valence-corrected chi connectivity index (χ3v) is 7.13. The second-order valence-corrected chi connectivity index (χ2v) is 8.39. The Morgan fingerprint density at radius 3 is 2.82 bits per heavy atom. The Morgan fingerprint density at radius 2 is 2.05 bits per heavy atom. The lowest BCUT2D eigenvalue weighted by atomic mass is 9.71. The first-order valence-corrected chi connectivity index (χ1v) is 8.39. The van der Waals surface area contributed by atoms with Crippen molar-refractivity contribution in [3.8, 4) is 0 Å². The Bertz CT molecular complexity index is 843. The standard InChI is InChI=1S/C18H23N3O/c1-17(2)16-11-8-18(17,3)9-21(16)7-6-10-14(11)19-12-4-5-13(22)20-15(10)12/h4-5,11,16,19H,6-9H2,1-3H3,(H,20,22). The molecule has 3 atom stereocenters. The number of nitrogens with zero attached hydrogens (tertiary/aromatic N) is 1. The van der Waals surface area contributed by atoms with Crippen LogP contribution in [0.2, 0.25) is 0 Å².